The molecule has 39 heavy (non-hydrogen) atoms. The second kappa shape index (κ2) is 11.5. The summed E-state index contributed by atoms with van der Waals surface area (Å²) >= 11 is 0. The Morgan fingerprint density at radius 2 is 2.00 bits per heavy atom. The van der Waals surface area contributed by atoms with Crippen molar-refractivity contribution in [2.75, 3.05) is 25.6 Å². The van der Waals surface area contributed by atoms with Crippen LogP contribution in [0.1, 0.15) is 39.9 Å². The zero-order valence-electron chi connectivity index (χ0n) is 20.6. The molecule has 14 nitrogen and oxygen atoms in total. The van der Waals surface area contributed by atoms with E-state index < -0.39 is 23.5 Å². The Balaban J connectivity index is 1.85. The second-order valence-electron chi connectivity index (χ2n) is 8.13. The van der Waals surface area contributed by atoms with Crippen LogP contribution < -0.4 is 26.2 Å². The highest BCUT2D eigenvalue weighted by molar-refractivity contribution is 5.95. The number of nitrogens with two attached hydrogens (primary N) is 1. The van der Waals surface area contributed by atoms with Crippen LogP contribution in [0.15, 0.2) is 47.5 Å². The van der Waals surface area contributed by atoms with Crippen molar-refractivity contribution in [1.29, 1.82) is 5.41 Å². The van der Waals surface area contributed by atoms with Crippen molar-refractivity contribution in [3.05, 3.63) is 81.7 Å². The van der Waals surface area contributed by atoms with Gasteiger partial charge in [0.25, 0.3) is 0 Å². The molecule has 2 heterocycles. The van der Waals surface area contributed by atoms with Crippen LogP contribution in [0, 0.1) is 11.2 Å². The quantitative estimate of drug-likeness (QED) is 0.0777. The standard InChI is InChI=1S/C24H25FN8O6/c1-38-18-14(7-8-15(25)19(18)39-10-2-9-34)16(30-13-5-3-12(4-6-13)20(26)27)21-31-24(37)33(32-21)22-17(23(35)36)28-11-29-22/h3-8,11,16,30,34H,2,9-10H2,1H3,(H3,26,27)(H,28,29)(H,35,36)(H,31,32,37)/t16-/m0/s1. The SMILES string of the molecule is COc1c([C@H](Nc2ccc(C(=N)N)cc2)c2nn(-c3nc[nH]c3C(=O)O)c(=O)[nH]2)ccc(F)c1OCCCO. The van der Waals surface area contributed by atoms with Crippen LogP contribution in [-0.2, 0) is 0 Å². The molecule has 8 N–H and O–H groups in total. The van der Waals surface area contributed by atoms with Crippen molar-refractivity contribution in [2.24, 2.45) is 5.73 Å². The fourth-order valence-electron chi connectivity index (χ4n) is 3.79. The molecule has 0 bridgehead atoms. The highest BCUT2D eigenvalue weighted by Gasteiger charge is 2.28. The van der Waals surface area contributed by atoms with Crippen molar-refractivity contribution < 1.29 is 28.9 Å². The summed E-state index contributed by atoms with van der Waals surface area (Å²) in [6.07, 6.45) is 1.37. The number of halogens is 1. The van der Waals surface area contributed by atoms with Crippen molar-refractivity contribution in [1.82, 2.24) is 24.7 Å². The number of carbonyl (C=O) groups is 1. The van der Waals surface area contributed by atoms with E-state index in [0.29, 0.717) is 16.8 Å². The number of aliphatic hydroxyl groups excluding tert-OH is 1. The number of aliphatic hydroxyl groups is 1. The van der Waals surface area contributed by atoms with Crippen molar-refractivity contribution >= 4 is 17.5 Å². The van der Waals surface area contributed by atoms with Crippen LogP contribution in [0.3, 0.4) is 0 Å². The lowest BCUT2D eigenvalue weighted by atomic mass is 10.0. The van der Waals surface area contributed by atoms with Gasteiger partial charge in [-0.05, 0) is 36.4 Å². The molecule has 0 spiro atoms. The smallest absolute Gasteiger partial charge is 0.356 e. The van der Waals surface area contributed by atoms with Gasteiger partial charge in [-0.1, -0.05) is 0 Å². The number of hydrogen-bond donors (Lipinski definition) is 7. The van der Waals surface area contributed by atoms with Crippen LogP contribution in [0.25, 0.3) is 5.82 Å². The maximum absolute atomic E-state index is 14.8. The Bertz CT molecular complexity index is 1540. The number of carboxylic acids is 1. The number of aromatic carboxylic acids is 1. The number of rotatable bonds is 12. The average Bonchev–Trinajstić information content (AvgIpc) is 3.55. The van der Waals surface area contributed by atoms with Gasteiger partial charge in [-0.25, -0.2) is 19.0 Å². The summed E-state index contributed by atoms with van der Waals surface area (Å²) in [6, 6.07) is 8.10. The molecule has 4 rings (SSSR count). The number of imidazole rings is 1. The summed E-state index contributed by atoms with van der Waals surface area (Å²) < 4.78 is 26.6. The van der Waals surface area contributed by atoms with Gasteiger partial charge in [-0.2, -0.15) is 4.68 Å². The molecule has 0 fully saturated rings. The molecule has 15 heteroatoms. The molecular formula is C24H25FN8O6. The van der Waals surface area contributed by atoms with Crippen LogP contribution >= 0.6 is 0 Å². The minimum Gasteiger partial charge on any atom is -0.492 e. The first-order valence-corrected chi connectivity index (χ1v) is 11.5. The summed E-state index contributed by atoms with van der Waals surface area (Å²) in [5, 5.41) is 33.6. The molecule has 2 aromatic heterocycles. The molecule has 0 saturated carbocycles. The fraction of sp³-hybridized carbons (Fsp3) is 0.208. The molecule has 0 unspecified atom stereocenters. The number of carboxylic acid groups (broad SMARTS) is 1. The molecule has 204 valence electrons. The zero-order valence-corrected chi connectivity index (χ0v) is 20.6. The predicted octanol–water partition coefficient (Wildman–Crippen LogP) is 1.38. The lowest BCUT2D eigenvalue weighted by Gasteiger charge is -2.22. The summed E-state index contributed by atoms with van der Waals surface area (Å²) in [4.78, 5) is 33.4. The molecule has 0 aliphatic rings. The normalized spacial score (nSPS) is 11.7. The number of hydrogen-bond acceptors (Lipinski definition) is 9. The second-order valence-corrected chi connectivity index (χ2v) is 8.13. The van der Waals surface area contributed by atoms with Gasteiger partial charge in [0.05, 0.1) is 20.0 Å². The fourth-order valence-corrected chi connectivity index (χ4v) is 3.79. The topological polar surface area (TPSA) is 217 Å². The third kappa shape index (κ3) is 5.57. The number of aromatic amines is 2. The van der Waals surface area contributed by atoms with Crippen LogP contribution in [0.2, 0.25) is 0 Å². The number of methoxy groups -OCH3 is 1. The summed E-state index contributed by atoms with van der Waals surface area (Å²) in [5.41, 5.74) is 5.73. The number of aromatic nitrogens is 5. The Hall–Kier alpha value is -5.18. The van der Waals surface area contributed by atoms with E-state index in [2.05, 4.69) is 25.4 Å². The molecular weight excluding hydrogens is 515 g/mol. The van der Waals surface area contributed by atoms with Gasteiger partial charge in [0.1, 0.15) is 11.9 Å². The molecule has 0 radical (unpaired) electrons. The van der Waals surface area contributed by atoms with E-state index in [1.165, 1.54) is 13.2 Å². The van der Waals surface area contributed by atoms with Crippen LogP contribution in [0.5, 0.6) is 11.5 Å². The van der Waals surface area contributed by atoms with Gasteiger partial charge < -0.3 is 35.7 Å². The molecule has 0 aliphatic carbocycles. The maximum atomic E-state index is 14.8. The van der Waals surface area contributed by atoms with E-state index in [4.69, 9.17) is 25.7 Å². The van der Waals surface area contributed by atoms with Gasteiger partial charge in [0.2, 0.25) is 0 Å². The van der Waals surface area contributed by atoms with Crippen LogP contribution in [-0.4, -0.2) is 67.1 Å². The molecule has 0 amide bonds. The zero-order chi connectivity index (χ0) is 28.1. The predicted molar refractivity (Wildman–Crippen MR) is 136 cm³/mol. The minimum atomic E-state index is -1.34. The number of benzene rings is 2. The Morgan fingerprint density at radius 3 is 2.64 bits per heavy atom. The maximum Gasteiger partial charge on any atom is 0.356 e. The molecule has 0 saturated heterocycles. The van der Waals surface area contributed by atoms with E-state index in [9.17, 15) is 19.1 Å². The van der Waals surface area contributed by atoms with E-state index in [-0.39, 0.29) is 54.3 Å². The summed E-state index contributed by atoms with van der Waals surface area (Å²) in [6.45, 7) is -0.144. The van der Waals surface area contributed by atoms with Crippen LogP contribution in [0.4, 0.5) is 10.1 Å². The monoisotopic (exact) mass is 540 g/mol. The lowest BCUT2D eigenvalue weighted by Crippen LogP contribution is -2.19. The Labute approximate surface area is 219 Å². The average molecular weight is 541 g/mol. The molecule has 0 aliphatic heterocycles. The largest absolute Gasteiger partial charge is 0.492 e. The van der Waals surface area contributed by atoms with Crippen molar-refractivity contribution in [3.8, 4) is 17.3 Å². The lowest BCUT2D eigenvalue weighted by molar-refractivity contribution is 0.0691. The molecule has 2 aromatic carbocycles. The number of H-pyrrole nitrogens is 2. The molecule has 1 atom stereocenters. The first-order valence-electron chi connectivity index (χ1n) is 11.5. The third-order valence-electron chi connectivity index (χ3n) is 5.61. The number of ether oxygens (including phenoxy) is 2. The number of nitrogens with one attached hydrogen (secondary N) is 4. The van der Waals surface area contributed by atoms with Gasteiger partial charge in [-0.15, -0.1) is 5.10 Å². The molecule has 4 aromatic rings. The van der Waals surface area contributed by atoms with E-state index >= 15 is 0 Å². The highest BCUT2D eigenvalue weighted by atomic mass is 19.1. The van der Waals surface area contributed by atoms with E-state index in [1.807, 2.05) is 0 Å². The van der Waals surface area contributed by atoms with Gasteiger partial charge in [0, 0.05) is 29.8 Å². The van der Waals surface area contributed by atoms with Crippen molar-refractivity contribution in [3.63, 3.8) is 0 Å². The minimum absolute atomic E-state index is 0.00666. The number of nitrogens with zero attached hydrogens (tertiary/aromatic N) is 3. The van der Waals surface area contributed by atoms with Gasteiger partial charge in [0.15, 0.2) is 34.7 Å². The number of nitrogen functional groups attached to an aromatic ring is 1. The Kier molecular flexibility index (Phi) is 7.90. The summed E-state index contributed by atoms with van der Waals surface area (Å²) in [7, 11) is 1.32. The van der Waals surface area contributed by atoms with Gasteiger partial charge in [-0.3, -0.25) is 10.4 Å². The number of amidine groups is 1. The Morgan fingerprint density at radius 1 is 1.26 bits per heavy atom. The van der Waals surface area contributed by atoms with E-state index in [1.54, 1.807) is 24.3 Å². The third-order valence-corrected chi connectivity index (χ3v) is 5.61. The van der Waals surface area contributed by atoms with E-state index in [0.717, 1.165) is 17.1 Å². The first-order chi connectivity index (χ1) is 18.7. The number of anilines is 1. The van der Waals surface area contributed by atoms with Gasteiger partial charge >= 0.3 is 11.7 Å². The summed E-state index contributed by atoms with van der Waals surface area (Å²) in [5.74, 6) is -2.60. The van der Waals surface area contributed by atoms with Crippen molar-refractivity contribution in [2.45, 2.75) is 12.5 Å². The highest BCUT2D eigenvalue weighted by Crippen LogP contribution is 2.40. The first kappa shape index (κ1) is 26.9.